The van der Waals surface area contributed by atoms with Gasteiger partial charge >= 0.3 is 0 Å². The summed E-state index contributed by atoms with van der Waals surface area (Å²) in [7, 11) is 0. The normalized spacial score (nSPS) is 20.4. The van der Waals surface area contributed by atoms with Crippen molar-refractivity contribution in [1.29, 1.82) is 0 Å². The minimum atomic E-state index is -0.376. The molecule has 0 spiro atoms. The molecule has 0 bridgehead atoms. The lowest BCUT2D eigenvalue weighted by Crippen LogP contribution is -3.00. The summed E-state index contributed by atoms with van der Waals surface area (Å²) in [6, 6.07) is 10.1. The first-order chi connectivity index (χ1) is 7.79. The van der Waals surface area contributed by atoms with Crippen molar-refractivity contribution in [3.8, 4) is 0 Å². The van der Waals surface area contributed by atoms with E-state index in [0.717, 1.165) is 31.7 Å². The van der Waals surface area contributed by atoms with Crippen LogP contribution in [0.2, 0.25) is 0 Å². The molecule has 1 fully saturated rings. The van der Waals surface area contributed by atoms with Gasteiger partial charge in [0.25, 0.3) is 0 Å². The van der Waals surface area contributed by atoms with E-state index in [-0.39, 0.29) is 24.6 Å². The van der Waals surface area contributed by atoms with Gasteiger partial charge in [-0.2, -0.15) is 0 Å². The fourth-order valence-electron chi connectivity index (χ4n) is 2.31. The first-order valence-electron chi connectivity index (χ1n) is 6.08. The summed E-state index contributed by atoms with van der Waals surface area (Å²) in [5.74, 6) is 0. The number of hydrogen-bond acceptors (Lipinski definition) is 2. The van der Waals surface area contributed by atoms with Crippen molar-refractivity contribution in [2.24, 2.45) is 0 Å². The number of rotatable bonds is 3. The van der Waals surface area contributed by atoms with E-state index < -0.39 is 0 Å². The molecular formula is C13H21ClN2O. The zero-order valence-electron chi connectivity index (χ0n) is 10.2. The van der Waals surface area contributed by atoms with Crippen molar-refractivity contribution < 1.29 is 22.8 Å². The van der Waals surface area contributed by atoms with Gasteiger partial charge in [-0.05, 0) is 12.5 Å². The number of nitrogens with zero attached hydrogens (tertiary/aromatic N) is 1. The second kappa shape index (κ2) is 6.97. The number of piperazine rings is 1. The van der Waals surface area contributed by atoms with Crippen LogP contribution in [-0.4, -0.2) is 42.2 Å². The summed E-state index contributed by atoms with van der Waals surface area (Å²) in [5, 5.41) is 12.6. The third kappa shape index (κ3) is 3.68. The zero-order valence-corrected chi connectivity index (χ0v) is 11.0. The number of benzene rings is 1. The van der Waals surface area contributed by atoms with Crippen molar-refractivity contribution in [2.75, 3.05) is 26.2 Å². The van der Waals surface area contributed by atoms with Crippen LogP contribution in [-0.2, 0) is 0 Å². The second-order valence-corrected chi connectivity index (χ2v) is 4.50. The molecule has 1 aromatic rings. The van der Waals surface area contributed by atoms with E-state index >= 15 is 0 Å². The molecule has 1 heterocycles. The van der Waals surface area contributed by atoms with Gasteiger partial charge in [0.05, 0.1) is 19.2 Å². The van der Waals surface area contributed by atoms with Gasteiger partial charge in [0.2, 0.25) is 0 Å². The van der Waals surface area contributed by atoms with Crippen molar-refractivity contribution in [1.82, 2.24) is 4.90 Å². The van der Waals surface area contributed by atoms with E-state index in [1.807, 2.05) is 30.3 Å². The molecule has 3 N–H and O–H groups in total. The summed E-state index contributed by atoms with van der Waals surface area (Å²) in [6.07, 6.45) is -0.376. The maximum Gasteiger partial charge on any atom is 0.0942 e. The Morgan fingerprint density at radius 2 is 1.76 bits per heavy atom. The van der Waals surface area contributed by atoms with Gasteiger partial charge < -0.3 is 22.8 Å². The first-order valence-corrected chi connectivity index (χ1v) is 6.08. The van der Waals surface area contributed by atoms with Gasteiger partial charge in [-0.3, -0.25) is 4.90 Å². The van der Waals surface area contributed by atoms with Crippen molar-refractivity contribution in [2.45, 2.75) is 19.1 Å². The lowest BCUT2D eigenvalue weighted by Gasteiger charge is -2.33. The summed E-state index contributed by atoms with van der Waals surface area (Å²) >= 11 is 0. The molecule has 2 rings (SSSR count). The molecule has 0 saturated carbocycles. The van der Waals surface area contributed by atoms with Gasteiger partial charge in [-0.25, -0.2) is 0 Å². The van der Waals surface area contributed by atoms with Crippen LogP contribution < -0.4 is 17.7 Å². The zero-order chi connectivity index (χ0) is 11.4. The number of halogens is 1. The minimum Gasteiger partial charge on any atom is -1.00 e. The van der Waals surface area contributed by atoms with Crippen LogP contribution in [0.5, 0.6) is 0 Å². The Kier molecular flexibility index (Phi) is 5.92. The molecule has 17 heavy (non-hydrogen) atoms. The molecule has 0 radical (unpaired) electrons. The summed E-state index contributed by atoms with van der Waals surface area (Å²) in [4.78, 5) is 2.37. The predicted molar refractivity (Wildman–Crippen MR) is 64.1 cm³/mol. The maximum atomic E-state index is 10.3. The molecule has 1 aliphatic rings. The summed E-state index contributed by atoms with van der Waals surface area (Å²) in [6.45, 7) is 6.55. The third-order valence-corrected chi connectivity index (χ3v) is 3.41. The van der Waals surface area contributed by atoms with E-state index in [4.69, 9.17) is 0 Å². The molecule has 1 saturated heterocycles. The Balaban J connectivity index is 0.00000144. The quantitative estimate of drug-likeness (QED) is 0.605. The lowest BCUT2D eigenvalue weighted by atomic mass is 10.0. The fraction of sp³-hybridized carbons (Fsp3) is 0.538. The minimum absolute atomic E-state index is 0. The molecule has 0 aliphatic carbocycles. The SMILES string of the molecule is CC(C(O)c1ccccc1)N1CC[NH2+]CC1.[Cl-]. The molecule has 3 nitrogen and oxygen atoms in total. The predicted octanol–water partition coefficient (Wildman–Crippen LogP) is -3.01. The van der Waals surface area contributed by atoms with Gasteiger partial charge in [-0.15, -0.1) is 0 Å². The highest BCUT2D eigenvalue weighted by atomic mass is 35.5. The van der Waals surface area contributed by atoms with Gasteiger partial charge in [0, 0.05) is 19.1 Å². The van der Waals surface area contributed by atoms with Crippen molar-refractivity contribution in [3.05, 3.63) is 35.9 Å². The van der Waals surface area contributed by atoms with Crippen LogP contribution in [0.25, 0.3) is 0 Å². The molecule has 0 aromatic heterocycles. The monoisotopic (exact) mass is 256 g/mol. The molecule has 4 heteroatoms. The van der Waals surface area contributed by atoms with E-state index in [1.165, 1.54) is 0 Å². The highest BCUT2D eigenvalue weighted by Crippen LogP contribution is 2.20. The standard InChI is InChI=1S/C13H20N2O.ClH/c1-11(15-9-7-14-8-10-15)13(16)12-5-3-2-4-6-12;/h2-6,11,13-14,16H,7-10H2,1H3;1H. The van der Waals surface area contributed by atoms with Crippen LogP contribution in [0.3, 0.4) is 0 Å². The van der Waals surface area contributed by atoms with E-state index in [1.54, 1.807) is 0 Å². The van der Waals surface area contributed by atoms with Crippen LogP contribution >= 0.6 is 0 Å². The van der Waals surface area contributed by atoms with Gasteiger partial charge in [0.1, 0.15) is 0 Å². The average Bonchev–Trinajstić information content (AvgIpc) is 2.39. The first kappa shape index (κ1) is 14.5. The fourth-order valence-corrected chi connectivity index (χ4v) is 2.31. The molecule has 0 amide bonds. The van der Waals surface area contributed by atoms with Crippen LogP contribution in [0.4, 0.5) is 0 Å². The summed E-state index contributed by atoms with van der Waals surface area (Å²) < 4.78 is 0. The highest BCUT2D eigenvalue weighted by Gasteiger charge is 2.25. The number of aliphatic hydroxyl groups excluding tert-OH is 1. The molecule has 1 aliphatic heterocycles. The Hall–Kier alpha value is -0.610. The maximum absolute atomic E-state index is 10.3. The average molecular weight is 257 g/mol. The lowest BCUT2D eigenvalue weighted by molar-refractivity contribution is -0.663. The second-order valence-electron chi connectivity index (χ2n) is 4.50. The summed E-state index contributed by atoms with van der Waals surface area (Å²) in [5.41, 5.74) is 1.02. The molecule has 96 valence electrons. The Morgan fingerprint density at radius 1 is 1.18 bits per heavy atom. The number of aliphatic hydroxyl groups is 1. The smallest absolute Gasteiger partial charge is 0.0942 e. The highest BCUT2D eigenvalue weighted by molar-refractivity contribution is 5.18. The van der Waals surface area contributed by atoms with Gasteiger partial charge in [-0.1, -0.05) is 30.3 Å². The Bertz CT molecular complexity index is 314. The molecule has 2 unspecified atom stereocenters. The van der Waals surface area contributed by atoms with Crippen molar-refractivity contribution >= 4 is 0 Å². The largest absolute Gasteiger partial charge is 1.00 e. The molecule has 2 atom stereocenters. The van der Waals surface area contributed by atoms with Crippen molar-refractivity contribution in [3.63, 3.8) is 0 Å². The Labute approximate surface area is 109 Å². The molecule has 1 aromatic carbocycles. The van der Waals surface area contributed by atoms with Crippen LogP contribution in [0.1, 0.15) is 18.6 Å². The van der Waals surface area contributed by atoms with E-state index in [2.05, 4.69) is 17.1 Å². The third-order valence-electron chi connectivity index (χ3n) is 3.41. The van der Waals surface area contributed by atoms with Gasteiger partial charge in [0.15, 0.2) is 0 Å². The Morgan fingerprint density at radius 3 is 2.35 bits per heavy atom. The molecular weight excluding hydrogens is 236 g/mol. The number of hydrogen-bond donors (Lipinski definition) is 2. The van der Waals surface area contributed by atoms with E-state index in [0.29, 0.717) is 0 Å². The number of quaternary nitrogens is 1. The van der Waals surface area contributed by atoms with E-state index in [9.17, 15) is 5.11 Å². The topological polar surface area (TPSA) is 40.1 Å². The number of nitrogens with two attached hydrogens (primary N) is 1. The van der Waals surface area contributed by atoms with Crippen LogP contribution in [0, 0.1) is 0 Å². The van der Waals surface area contributed by atoms with Crippen LogP contribution in [0.15, 0.2) is 30.3 Å².